The summed E-state index contributed by atoms with van der Waals surface area (Å²) in [5.74, 6) is 0.0922. The van der Waals surface area contributed by atoms with Gasteiger partial charge in [-0.2, -0.15) is 0 Å². The standard InChI is InChI=1S/C16H34N2O/c1-2-3-4-5-6-7-8-9-10-11-12-15-18-16(19)13-14-17/h2-15,17H2,1H3,(H,18,19). The van der Waals surface area contributed by atoms with Gasteiger partial charge in [0, 0.05) is 19.5 Å². The van der Waals surface area contributed by atoms with Crippen LogP contribution in [-0.2, 0) is 4.79 Å². The Morgan fingerprint density at radius 2 is 1.32 bits per heavy atom. The molecule has 1 amide bonds. The maximum Gasteiger partial charge on any atom is 0.221 e. The van der Waals surface area contributed by atoms with E-state index in [0.717, 1.165) is 13.0 Å². The van der Waals surface area contributed by atoms with E-state index in [0.29, 0.717) is 13.0 Å². The zero-order valence-electron chi connectivity index (χ0n) is 12.9. The molecule has 0 radical (unpaired) electrons. The summed E-state index contributed by atoms with van der Waals surface area (Å²) in [5.41, 5.74) is 5.31. The van der Waals surface area contributed by atoms with Gasteiger partial charge in [-0.1, -0.05) is 71.1 Å². The van der Waals surface area contributed by atoms with Gasteiger partial charge in [-0.3, -0.25) is 4.79 Å². The number of carbonyl (C=O) groups excluding carboxylic acids is 1. The molecular formula is C16H34N2O. The van der Waals surface area contributed by atoms with Crippen LogP contribution in [0.15, 0.2) is 0 Å². The maximum absolute atomic E-state index is 11.1. The van der Waals surface area contributed by atoms with Gasteiger partial charge < -0.3 is 11.1 Å². The zero-order valence-corrected chi connectivity index (χ0v) is 12.9. The van der Waals surface area contributed by atoms with Crippen molar-refractivity contribution in [2.75, 3.05) is 13.1 Å². The molecule has 0 saturated heterocycles. The number of amides is 1. The Hall–Kier alpha value is -0.570. The molecular weight excluding hydrogens is 236 g/mol. The van der Waals surface area contributed by atoms with E-state index in [9.17, 15) is 4.79 Å². The first-order valence-corrected chi connectivity index (χ1v) is 8.28. The van der Waals surface area contributed by atoms with Crippen LogP contribution in [0, 0.1) is 0 Å². The minimum absolute atomic E-state index is 0.0922. The number of nitrogens with one attached hydrogen (secondary N) is 1. The van der Waals surface area contributed by atoms with Gasteiger partial charge in [0.2, 0.25) is 5.91 Å². The summed E-state index contributed by atoms with van der Waals surface area (Å²) < 4.78 is 0. The highest BCUT2D eigenvalue weighted by Gasteiger charge is 1.97. The SMILES string of the molecule is CCCCCCCCCCCCCNC(=O)CCN. The first kappa shape index (κ1) is 18.4. The van der Waals surface area contributed by atoms with Gasteiger partial charge in [-0.15, -0.1) is 0 Å². The van der Waals surface area contributed by atoms with Crippen LogP contribution in [0.5, 0.6) is 0 Å². The first-order chi connectivity index (χ1) is 9.31. The molecule has 19 heavy (non-hydrogen) atoms. The number of carbonyl (C=O) groups is 1. The summed E-state index contributed by atoms with van der Waals surface area (Å²) in [6.07, 6.45) is 15.2. The Morgan fingerprint density at radius 3 is 1.79 bits per heavy atom. The van der Waals surface area contributed by atoms with Crippen LogP contribution in [0.4, 0.5) is 0 Å². The van der Waals surface area contributed by atoms with Crippen molar-refractivity contribution < 1.29 is 4.79 Å². The molecule has 3 nitrogen and oxygen atoms in total. The van der Waals surface area contributed by atoms with Crippen LogP contribution < -0.4 is 11.1 Å². The fourth-order valence-corrected chi connectivity index (χ4v) is 2.24. The zero-order chi connectivity index (χ0) is 14.2. The van der Waals surface area contributed by atoms with Crippen LogP contribution in [0.3, 0.4) is 0 Å². The summed E-state index contributed by atoms with van der Waals surface area (Å²) in [7, 11) is 0. The average molecular weight is 270 g/mol. The molecule has 0 aliphatic carbocycles. The van der Waals surface area contributed by atoms with Gasteiger partial charge in [0.05, 0.1) is 0 Å². The van der Waals surface area contributed by atoms with Crippen LogP contribution in [0.25, 0.3) is 0 Å². The highest BCUT2D eigenvalue weighted by atomic mass is 16.1. The second kappa shape index (κ2) is 15.5. The average Bonchev–Trinajstić information content (AvgIpc) is 2.40. The second-order valence-corrected chi connectivity index (χ2v) is 5.42. The highest BCUT2D eigenvalue weighted by molar-refractivity contribution is 5.75. The van der Waals surface area contributed by atoms with Crippen molar-refractivity contribution >= 4 is 5.91 Å². The number of unbranched alkanes of at least 4 members (excludes halogenated alkanes) is 10. The van der Waals surface area contributed by atoms with E-state index in [-0.39, 0.29) is 5.91 Å². The van der Waals surface area contributed by atoms with Crippen LogP contribution in [0.1, 0.15) is 84.0 Å². The van der Waals surface area contributed by atoms with E-state index in [1.165, 1.54) is 64.2 Å². The summed E-state index contributed by atoms with van der Waals surface area (Å²) in [5, 5.41) is 2.90. The monoisotopic (exact) mass is 270 g/mol. The molecule has 0 atom stereocenters. The Labute approximate surface area is 119 Å². The van der Waals surface area contributed by atoms with Gasteiger partial charge in [0.25, 0.3) is 0 Å². The minimum atomic E-state index is 0.0922. The lowest BCUT2D eigenvalue weighted by Crippen LogP contribution is -2.26. The maximum atomic E-state index is 11.1. The number of rotatable bonds is 14. The van der Waals surface area contributed by atoms with E-state index in [4.69, 9.17) is 5.73 Å². The molecule has 0 bridgehead atoms. The summed E-state index contributed by atoms with van der Waals surface area (Å²) in [4.78, 5) is 11.1. The van der Waals surface area contributed by atoms with E-state index < -0.39 is 0 Å². The topological polar surface area (TPSA) is 55.1 Å². The molecule has 0 aliphatic rings. The van der Waals surface area contributed by atoms with Gasteiger partial charge in [0.15, 0.2) is 0 Å². The molecule has 0 aromatic heterocycles. The van der Waals surface area contributed by atoms with E-state index in [2.05, 4.69) is 12.2 Å². The van der Waals surface area contributed by atoms with Gasteiger partial charge in [0.1, 0.15) is 0 Å². The molecule has 0 heterocycles. The van der Waals surface area contributed by atoms with Crippen molar-refractivity contribution in [2.24, 2.45) is 5.73 Å². The number of hydrogen-bond donors (Lipinski definition) is 2. The van der Waals surface area contributed by atoms with Crippen LogP contribution in [-0.4, -0.2) is 19.0 Å². The minimum Gasteiger partial charge on any atom is -0.356 e. The summed E-state index contributed by atoms with van der Waals surface area (Å²) >= 11 is 0. The Kier molecular flexibility index (Phi) is 15.0. The second-order valence-electron chi connectivity index (χ2n) is 5.42. The molecule has 0 saturated carbocycles. The number of hydrogen-bond acceptors (Lipinski definition) is 2. The summed E-state index contributed by atoms with van der Waals surface area (Å²) in [6, 6.07) is 0. The van der Waals surface area contributed by atoms with Crippen molar-refractivity contribution in [1.82, 2.24) is 5.32 Å². The first-order valence-electron chi connectivity index (χ1n) is 8.28. The summed E-state index contributed by atoms with van der Waals surface area (Å²) in [6.45, 7) is 3.53. The molecule has 3 heteroatoms. The third kappa shape index (κ3) is 15.4. The Morgan fingerprint density at radius 1 is 0.842 bits per heavy atom. The molecule has 0 fully saturated rings. The molecule has 0 unspecified atom stereocenters. The fourth-order valence-electron chi connectivity index (χ4n) is 2.24. The molecule has 0 aliphatic heterocycles. The van der Waals surface area contributed by atoms with Crippen molar-refractivity contribution in [2.45, 2.75) is 84.0 Å². The Balaban J connectivity index is 3.01. The van der Waals surface area contributed by atoms with E-state index in [1.54, 1.807) is 0 Å². The molecule has 0 rings (SSSR count). The van der Waals surface area contributed by atoms with E-state index in [1.807, 2.05) is 0 Å². The molecule has 0 aromatic carbocycles. The largest absolute Gasteiger partial charge is 0.356 e. The smallest absolute Gasteiger partial charge is 0.221 e. The quantitative estimate of drug-likeness (QED) is 0.472. The van der Waals surface area contributed by atoms with Crippen LogP contribution >= 0.6 is 0 Å². The lowest BCUT2D eigenvalue weighted by atomic mass is 10.1. The predicted molar refractivity (Wildman–Crippen MR) is 83.1 cm³/mol. The third-order valence-electron chi connectivity index (χ3n) is 3.47. The van der Waals surface area contributed by atoms with E-state index >= 15 is 0 Å². The molecule has 3 N–H and O–H groups in total. The molecule has 0 spiro atoms. The lowest BCUT2D eigenvalue weighted by molar-refractivity contribution is -0.120. The van der Waals surface area contributed by atoms with Crippen molar-refractivity contribution in [1.29, 1.82) is 0 Å². The van der Waals surface area contributed by atoms with Crippen molar-refractivity contribution in [3.8, 4) is 0 Å². The third-order valence-corrected chi connectivity index (χ3v) is 3.47. The van der Waals surface area contributed by atoms with Gasteiger partial charge >= 0.3 is 0 Å². The van der Waals surface area contributed by atoms with Crippen molar-refractivity contribution in [3.05, 3.63) is 0 Å². The highest BCUT2D eigenvalue weighted by Crippen LogP contribution is 2.10. The van der Waals surface area contributed by atoms with Crippen LogP contribution in [0.2, 0.25) is 0 Å². The van der Waals surface area contributed by atoms with Gasteiger partial charge in [-0.25, -0.2) is 0 Å². The molecule has 0 aromatic rings. The lowest BCUT2D eigenvalue weighted by Gasteiger charge is -2.04. The fraction of sp³-hybridized carbons (Fsp3) is 0.938. The number of nitrogens with two attached hydrogens (primary N) is 1. The molecule has 114 valence electrons. The van der Waals surface area contributed by atoms with Gasteiger partial charge in [-0.05, 0) is 6.42 Å². The predicted octanol–water partition coefficient (Wildman–Crippen LogP) is 3.76. The Bertz CT molecular complexity index is 195. The normalized spacial score (nSPS) is 10.6. The van der Waals surface area contributed by atoms with Crippen molar-refractivity contribution in [3.63, 3.8) is 0 Å².